The van der Waals surface area contributed by atoms with Crippen LogP contribution < -0.4 is 0 Å². The van der Waals surface area contributed by atoms with Crippen molar-refractivity contribution >= 4 is 22.2 Å². The molecule has 0 aliphatic carbocycles. The van der Waals surface area contributed by atoms with Crippen molar-refractivity contribution in [2.24, 2.45) is 0 Å². The lowest BCUT2D eigenvalue weighted by Gasteiger charge is -2.31. The Labute approximate surface area is 165 Å². The van der Waals surface area contributed by atoms with Gasteiger partial charge in [-0.3, -0.25) is 0 Å². The summed E-state index contributed by atoms with van der Waals surface area (Å²) in [4.78, 5) is 2.55. The zero-order valence-electron chi connectivity index (χ0n) is 14.8. The summed E-state index contributed by atoms with van der Waals surface area (Å²) in [5.41, 5.74) is 1.54. The second-order valence-corrected chi connectivity index (χ2v) is 8.83. The summed E-state index contributed by atoms with van der Waals surface area (Å²) in [6, 6.07) is 14.6. The molecule has 27 heavy (non-hydrogen) atoms. The summed E-state index contributed by atoms with van der Waals surface area (Å²) < 4.78 is 38.5. The molecule has 0 bridgehead atoms. The Bertz CT molecular complexity index is 885. The van der Waals surface area contributed by atoms with Crippen LogP contribution in [0.15, 0.2) is 53.4 Å². The highest BCUT2D eigenvalue weighted by atomic mass is 35.5. The van der Waals surface area contributed by atoms with Crippen LogP contribution in [0.1, 0.15) is 24.0 Å². The van der Waals surface area contributed by atoms with E-state index in [1.54, 1.807) is 24.3 Å². The van der Waals surface area contributed by atoms with Crippen LogP contribution in [0.25, 0.3) is 0 Å². The minimum atomic E-state index is -3.36. The van der Waals surface area contributed by atoms with Crippen LogP contribution in [0.2, 0.25) is 0 Å². The van der Waals surface area contributed by atoms with Crippen LogP contribution in [-0.2, 0) is 16.3 Å². The Hall–Kier alpha value is -1.94. The molecule has 4 nitrogen and oxygen atoms in total. The summed E-state index contributed by atoms with van der Waals surface area (Å²) in [5, 5.41) is 8.45. The quantitative estimate of drug-likeness (QED) is 0.758. The van der Waals surface area contributed by atoms with Crippen molar-refractivity contribution in [1.29, 1.82) is 5.26 Å². The highest BCUT2D eigenvalue weighted by molar-refractivity contribution is 7.92. The van der Waals surface area contributed by atoms with Gasteiger partial charge in [0.2, 0.25) is 0 Å². The molecule has 2 aromatic rings. The van der Waals surface area contributed by atoms with Gasteiger partial charge in [-0.1, -0.05) is 12.1 Å². The number of benzene rings is 2. The standard InChI is InChI=1S/C20H21FN2O2S.ClH/c21-18-5-1-16(2-6-18)9-12-23-13-10-20(11-14-23)26(24,25)19-7-3-17(15-22)4-8-19;/h1-8,20H,9-14H2;1H. The van der Waals surface area contributed by atoms with E-state index < -0.39 is 9.84 Å². The fourth-order valence-electron chi connectivity index (χ4n) is 3.29. The molecule has 0 radical (unpaired) electrons. The lowest BCUT2D eigenvalue weighted by molar-refractivity contribution is 0.232. The molecule has 0 spiro atoms. The first-order valence-corrected chi connectivity index (χ1v) is 10.2. The first kappa shape index (κ1) is 21.4. The molecule has 7 heteroatoms. The fourth-order valence-corrected chi connectivity index (χ4v) is 5.02. The number of piperidine rings is 1. The molecule has 0 N–H and O–H groups in total. The number of hydrogen-bond donors (Lipinski definition) is 0. The van der Waals surface area contributed by atoms with Crippen LogP contribution in [0.4, 0.5) is 4.39 Å². The van der Waals surface area contributed by atoms with E-state index in [0.717, 1.165) is 31.6 Å². The molecule has 1 saturated heterocycles. The third-order valence-electron chi connectivity index (χ3n) is 4.92. The van der Waals surface area contributed by atoms with Gasteiger partial charge in [-0.25, -0.2) is 12.8 Å². The van der Waals surface area contributed by atoms with Gasteiger partial charge in [-0.05, 0) is 74.3 Å². The Balaban J connectivity index is 0.00000261. The molecular weight excluding hydrogens is 387 g/mol. The van der Waals surface area contributed by atoms with Crippen molar-refractivity contribution in [2.45, 2.75) is 29.4 Å². The molecule has 3 rings (SSSR count). The zero-order valence-corrected chi connectivity index (χ0v) is 16.5. The molecule has 0 saturated carbocycles. The molecule has 1 fully saturated rings. The number of hydrogen-bond acceptors (Lipinski definition) is 4. The Morgan fingerprint density at radius 2 is 1.63 bits per heavy atom. The average Bonchev–Trinajstić information content (AvgIpc) is 2.68. The Morgan fingerprint density at radius 3 is 2.19 bits per heavy atom. The van der Waals surface area contributed by atoms with Gasteiger partial charge in [-0.2, -0.15) is 5.26 Å². The first-order valence-electron chi connectivity index (χ1n) is 8.70. The predicted molar refractivity (Wildman–Crippen MR) is 105 cm³/mol. The summed E-state index contributed by atoms with van der Waals surface area (Å²) in [6.07, 6.45) is 2.03. The molecule has 0 amide bonds. The highest BCUT2D eigenvalue weighted by Gasteiger charge is 2.31. The summed E-state index contributed by atoms with van der Waals surface area (Å²) in [7, 11) is -3.36. The van der Waals surface area contributed by atoms with E-state index in [-0.39, 0.29) is 23.5 Å². The molecule has 0 atom stereocenters. The van der Waals surface area contributed by atoms with Gasteiger partial charge >= 0.3 is 0 Å². The molecule has 0 unspecified atom stereocenters. The maximum atomic E-state index is 12.9. The van der Waals surface area contributed by atoms with Crippen molar-refractivity contribution in [2.75, 3.05) is 19.6 Å². The van der Waals surface area contributed by atoms with E-state index in [4.69, 9.17) is 5.26 Å². The van der Waals surface area contributed by atoms with Crippen LogP contribution in [0.5, 0.6) is 0 Å². The Morgan fingerprint density at radius 1 is 1.04 bits per heavy atom. The number of sulfone groups is 1. The minimum absolute atomic E-state index is 0. The molecule has 144 valence electrons. The number of nitrogens with zero attached hydrogens (tertiary/aromatic N) is 2. The third kappa shape index (κ3) is 5.29. The SMILES string of the molecule is Cl.N#Cc1ccc(S(=O)(=O)C2CCN(CCc3ccc(F)cc3)CC2)cc1. The van der Waals surface area contributed by atoms with Crippen molar-refractivity contribution < 1.29 is 12.8 Å². The van der Waals surface area contributed by atoms with Gasteiger partial charge in [0.05, 0.1) is 21.8 Å². The zero-order chi connectivity index (χ0) is 18.6. The maximum absolute atomic E-state index is 12.9. The van der Waals surface area contributed by atoms with Crippen LogP contribution in [0.3, 0.4) is 0 Å². The van der Waals surface area contributed by atoms with Crippen molar-refractivity contribution in [3.8, 4) is 6.07 Å². The molecule has 2 aromatic carbocycles. The fraction of sp³-hybridized carbons (Fsp3) is 0.350. The van der Waals surface area contributed by atoms with Gasteiger partial charge in [0.25, 0.3) is 0 Å². The van der Waals surface area contributed by atoms with Gasteiger partial charge < -0.3 is 4.90 Å². The summed E-state index contributed by atoms with van der Waals surface area (Å²) >= 11 is 0. The molecular formula is C20H22ClFN2O2S. The number of halogens is 2. The average molecular weight is 409 g/mol. The van der Waals surface area contributed by atoms with E-state index in [0.29, 0.717) is 23.3 Å². The summed E-state index contributed by atoms with van der Waals surface area (Å²) in [6.45, 7) is 2.32. The maximum Gasteiger partial charge on any atom is 0.181 e. The van der Waals surface area contributed by atoms with E-state index >= 15 is 0 Å². The van der Waals surface area contributed by atoms with E-state index in [1.807, 2.05) is 6.07 Å². The third-order valence-corrected chi connectivity index (χ3v) is 7.19. The molecule has 0 aromatic heterocycles. The number of likely N-dealkylation sites (tertiary alicyclic amines) is 1. The number of nitriles is 1. The predicted octanol–water partition coefficient (Wildman–Crippen LogP) is 3.60. The minimum Gasteiger partial charge on any atom is -0.303 e. The topological polar surface area (TPSA) is 61.2 Å². The molecule has 1 aliphatic rings. The van der Waals surface area contributed by atoms with Crippen molar-refractivity contribution in [1.82, 2.24) is 4.90 Å². The van der Waals surface area contributed by atoms with Crippen LogP contribution in [0, 0.1) is 17.1 Å². The number of rotatable bonds is 5. The highest BCUT2D eigenvalue weighted by Crippen LogP contribution is 2.25. The second-order valence-electron chi connectivity index (χ2n) is 6.60. The van der Waals surface area contributed by atoms with Gasteiger partial charge in [0, 0.05) is 6.54 Å². The first-order chi connectivity index (χ1) is 12.5. The molecule has 1 heterocycles. The van der Waals surface area contributed by atoms with Gasteiger partial charge in [0.1, 0.15) is 5.82 Å². The normalized spacial score (nSPS) is 15.7. The Kier molecular flexibility index (Phi) is 7.37. The largest absolute Gasteiger partial charge is 0.303 e. The van der Waals surface area contributed by atoms with Gasteiger partial charge in [-0.15, -0.1) is 12.4 Å². The second kappa shape index (κ2) is 9.32. The van der Waals surface area contributed by atoms with Crippen LogP contribution >= 0.6 is 12.4 Å². The van der Waals surface area contributed by atoms with Crippen molar-refractivity contribution in [3.05, 3.63) is 65.5 Å². The van der Waals surface area contributed by atoms with E-state index in [2.05, 4.69) is 4.90 Å². The van der Waals surface area contributed by atoms with E-state index in [1.165, 1.54) is 24.3 Å². The van der Waals surface area contributed by atoms with E-state index in [9.17, 15) is 12.8 Å². The lowest BCUT2D eigenvalue weighted by Crippen LogP contribution is -2.40. The van der Waals surface area contributed by atoms with Crippen molar-refractivity contribution in [3.63, 3.8) is 0 Å². The summed E-state index contributed by atoms with van der Waals surface area (Å²) in [5.74, 6) is -0.234. The lowest BCUT2D eigenvalue weighted by atomic mass is 10.1. The smallest absolute Gasteiger partial charge is 0.181 e. The van der Waals surface area contributed by atoms with Gasteiger partial charge in [0.15, 0.2) is 9.84 Å². The van der Waals surface area contributed by atoms with Crippen LogP contribution in [-0.4, -0.2) is 38.2 Å². The monoisotopic (exact) mass is 408 g/mol. The molecule has 1 aliphatic heterocycles.